The molecule has 0 fully saturated rings. The number of amides is 1. The topological polar surface area (TPSA) is 99.8 Å². The number of aromatic nitrogens is 3. The summed E-state index contributed by atoms with van der Waals surface area (Å²) in [5, 5.41) is 20.7. The first kappa shape index (κ1) is 19.8. The third-order valence-electron chi connectivity index (χ3n) is 6.38. The summed E-state index contributed by atoms with van der Waals surface area (Å²) in [6.45, 7) is 1.98. The van der Waals surface area contributed by atoms with Crippen molar-refractivity contribution >= 4 is 33.9 Å². The van der Waals surface area contributed by atoms with Crippen molar-refractivity contribution in [2.24, 2.45) is 12.0 Å². The van der Waals surface area contributed by atoms with Crippen LogP contribution in [0, 0.1) is 23.7 Å². The average molecular weight is 442 g/mol. The van der Waals surface area contributed by atoms with Crippen LogP contribution < -0.4 is 16.2 Å². The van der Waals surface area contributed by atoms with E-state index in [9.17, 15) is 10.1 Å². The van der Waals surface area contributed by atoms with Crippen LogP contribution in [0.1, 0.15) is 11.1 Å². The molecule has 0 saturated heterocycles. The third-order valence-corrected chi connectivity index (χ3v) is 6.38. The number of hydrogen-bond donors (Lipinski definition) is 1. The summed E-state index contributed by atoms with van der Waals surface area (Å²) in [5.41, 5.74) is 7.02. The molecule has 1 N–H and O–H groups in total. The lowest BCUT2D eigenvalue weighted by Crippen LogP contribution is -2.21. The lowest BCUT2D eigenvalue weighted by molar-refractivity contribution is -0.112. The minimum absolute atomic E-state index is 0.236. The third kappa shape index (κ3) is 2.82. The summed E-state index contributed by atoms with van der Waals surface area (Å²) in [6, 6.07) is 19.5. The Morgan fingerprint density at radius 1 is 1.03 bits per heavy atom. The Morgan fingerprint density at radius 2 is 1.82 bits per heavy atom. The molecule has 1 amide bonds. The molecule has 3 heterocycles. The van der Waals surface area contributed by atoms with E-state index in [0.717, 1.165) is 49.5 Å². The number of carbonyl (C=O) groups is 1. The fraction of sp³-hybridized carbons (Fsp3) is 0.0741. The molecule has 34 heavy (non-hydrogen) atoms. The maximum absolute atomic E-state index is 11.7. The molecule has 1 aliphatic rings. The van der Waals surface area contributed by atoms with Crippen molar-refractivity contribution in [3.63, 3.8) is 0 Å². The van der Waals surface area contributed by atoms with Crippen LogP contribution in [0.15, 0.2) is 65.8 Å². The highest BCUT2D eigenvalue weighted by Crippen LogP contribution is 2.30. The molecular weight excluding hydrogens is 424 g/mol. The molecule has 0 bridgehead atoms. The predicted molar refractivity (Wildman–Crippen MR) is 129 cm³/mol. The first-order valence-corrected chi connectivity index (χ1v) is 10.8. The predicted octanol–water partition coefficient (Wildman–Crippen LogP) is 2.78. The first-order valence-electron chi connectivity index (χ1n) is 10.8. The maximum Gasteiger partial charge on any atom is 0.270 e. The van der Waals surface area contributed by atoms with Crippen LogP contribution in [0.4, 0.5) is 0 Å². The first-order chi connectivity index (χ1) is 16.4. The van der Waals surface area contributed by atoms with Crippen LogP contribution in [0.3, 0.4) is 0 Å². The largest absolute Gasteiger partial charge is 0.312 e. The Hall–Kier alpha value is -4.83. The van der Waals surface area contributed by atoms with Gasteiger partial charge in [0.2, 0.25) is 5.62 Å². The van der Waals surface area contributed by atoms with E-state index in [0.29, 0.717) is 16.5 Å². The lowest BCUT2D eigenvalue weighted by atomic mass is 10.0. The molecule has 0 spiro atoms. The minimum atomic E-state index is -0.236. The van der Waals surface area contributed by atoms with Crippen molar-refractivity contribution in [3.05, 3.63) is 88.1 Å². The number of carbonyl (C=O) groups excluding carboxylic acids is 1. The van der Waals surface area contributed by atoms with Gasteiger partial charge < -0.3 is 4.57 Å². The average Bonchev–Trinajstić information content (AvgIpc) is 3.35. The lowest BCUT2D eigenvalue weighted by Gasteiger charge is -2.11. The second-order valence-electron chi connectivity index (χ2n) is 8.42. The van der Waals surface area contributed by atoms with Crippen molar-refractivity contribution in [2.75, 3.05) is 0 Å². The summed E-state index contributed by atoms with van der Waals surface area (Å²) < 4.78 is 3.68. The molecule has 7 heteroatoms. The summed E-state index contributed by atoms with van der Waals surface area (Å²) >= 11 is 0. The van der Waals surface area contributed by atoms with E-state index in [1.54, 1.807) is 22.9 Å². The molecule has 7 nitrogen and oxygen atoms in total. The van der Waals surface area contributed by atoms with Gasteiger partial charge in [0.15, 0.2) is 0 Å². The van der Waals surface area contributed by atoms with Crippen LogP contribution in [0.25, 0.3) is 44.8 Å². The Kier molecular flexibility index (Phi) is 4.13. The van der Waals surface area contributed by atoms with Gasteiger partial charge in [-0.25, -0.2) is 4.99 Å². The van der Waals surface area contributed by atoms with Crippen LogP contribution >= 0.6 is 0 Å². The quantitative estimate of drug-likeness (QED) is 0.455. The number of benzene rings is 3. The smallest absolute Gasteiger partial charge is 0.270 e. The van der Waals surface area contributed by atoms with Crippen LogP contribution in [-0.4, -0.2) is 20.0 Å². The van der Waals surface area contributed by atoms with Gasteiger partial charge in [-0.3, -0.25) is 19.8 Å². The highest BCUT2D eigenvalue weighted by Gasteiger charge is 2.17. The van der Waals surface area contributed by atoms with Crippen molar-refractivity contribution in [1.82, 2.24) is 14.1 Å². The molecule has 0 radical (unpaired) electrons. The molecule has 3 aromatic carbocycles. The SMILES string of the molecule is Cc1ccc(C#N)cc1-n1c(=N)n(C)c2cnc3ccc(-c4ccc5c(c4)=CC(=O)N=5)cc3c21. The number of imidazole rings is 1. The van der Waals surface area contributed by atoms with Gasteiger partial charge in [-0.05, 0) is 60.0 Å². The number of rotatable bonds is 2. The van der Waals surface area contributed by atoms with Crippen LogP contribution in [-0.2, 0) is 11.8 Å². The molecule has 0 saturated carbocycles. The van der Waals surface area contributed by atoms with Gasteiger partial charge in [-0.2, -0.15) is 5.26 Å². The van der Waals surface area contributed by atoms with E-state index in [1.807, 2.05) is 61.0 Å². The molecule has 0 unspecified atom stereocenters. The second kappa shape index (κ2) is 7.09. The Bertz CT molecular complexity index is 1940. The number of nitrogens with one attached hydrogen (secondary N) is 1. The van der Waals surface area contributed by atoms with Crippen LogP contribution in [0.5, 0.6) is 0 Å². The van der Waals surface area contributed by atoms with Gasteiger partial charge in [0.05, 0.1) is 45.4 Å². The summed E-state index contributed by atoms with van der Waals surface area (Å²) in [6.07, 6.45) is 3.33. The summed E-state index contributed by atoms with van der Waals surface area (Å²) in [5.74, 6) is -0.236. The zero-order valence-corrected chi connectivity index (χ0v) is 18.5. The van der Waals surface area contributed by atoms with Crippen molar-refractivity contribution in [3.8, 4) is 22.9 Å². The van der Waals surface area contributed by atoms with Gasteiger partial charge in [0, 0.05) is 23.7 Å². The molecule has 162 valence electrons. The molecule has 6 rings (SSSR count). The molecule has 2 aromatic heterocycles. The summed E-state index contributed by atoms with van der Waals surface area (Å²) in [7, 11) is 1.85. The van der Waals surface area contributed by atoms with Gasteiger partial charge in [0.1, 0.15) is 0 Å². The Morgan fingerprint density at radius 3 is 2.65 bits per heavy atom. The summed E-state index contributed by atoms with van der Waals surface area (Å²) in [4.78, 5) is 20.3. The number of nitrogens with zero attached hydrogens (tertiary/aromatic N) is 5. The number of hydrogen-bond acceptors (Lipinski definition) is 4. The molecule has 0 aliphatic carbocycles. The van der Waals surface area contributed by atoms with Gasteiger partial charge in [-0.15, -0.1) is 0 Å². The highest BCUT2D eigenvalue weighted by molar-refractivity contribution is 6.07. The zero-order valence-electron chi connectivity index (χ0n) is 18.5. The zero-order chi connectivity index (χ0) is 23.6. The van der Waals surface area contributed by atoms with Gasteiger partial charge in [0.25, 0.3) is 5.91 Å². The van der Waals surface area contributed by atoms with Crippen molar-refractivity contribution in [2.45, 2.75) is 6.92 Å². The maximum atomic E-state index is 11.7. The van der Waals surface area contributed by atoms with E-state index in [4.69, 9.17) is 5.41 Å². The van der Waals surface area contributed by atoms with E-state index >= 15 is 0 Å². The van der Waals surface area contributed by atoms with E-state index in [-0.39, 0.29) is 5.91 Å². The Labute approximate surface area is 193 Å². The molecule has 1 aliphatic heterocycles. The number of nitriles is 1. The highest BCUT2D eigenvalue weighted by atomic mass is 16.1. The standard InChI is InChI=1S/C27H18N6O/c1-15-3-4-16(13-28)9-23(15)33-26-20-11-18(17-5-7-21-19(10-17)12-25(34)31-21)6-8-22(20)30-14-24(26)32(2)27(33)29/h3-12,14,29H,1-2H3. The number of aryl methyl sites for hydroxylation is 2. The fourth-order valence-electron chi connectivity index (χ4n) is 4.59. The number of fused-ring (bicyclic) bond motifs is 4. The molecule has 5 aromatic rings. The number of pyridine rings is 1. The van der Waals surface area contributed by atoms with Crippen molar-refractivity contribution < 1.29 is 4.79 Å². The van der Waals surface area contributed by atoms with E-state index < -0.39 is 0 Å². The van der Waals surface area contributed by atoms with E-state index in [2.05, 4.69) is 22.1 Å². The van der Waals surface area contributed by atoms with Crippen molar-refractivity contribution in [1.29, 1.82) is 10.7 Å². The monoisotopic (exact) mass is 442 g/mol. The molecular formula is C27H18N6O. The Balaban J connectivity index is 1.69. The second-order valence-corrected chi connectivity index (χ2v) is 8.42. The normalized spacial score (nSPS) is 12.4. The minimum Gasteiger partial charge on any atom is -0.312 e. The van der Waals surface area contributed by atoms with Gasteiger partial charge in [-0.1, -0.05) is 18.2 Å². The van der Waals surface area contributed by atoms with Gasteiger partial charge >= 0.3 is 0 Å². The molecule has 0 atom stereocenters. The van der Waals surface area contributed by atoms with E-state index in [1.165, 1.54) is 0 Å². The van der Waals surface area contributed by atoms with Crippen LogP contribution in [0.2, 0.25) is 0 Å². The fourth-order valence-corrected chi connectivity index (χ4v) is 4.59.